The van der Waals surface area contributed by atoms with Crippen molar-refractivity contribution in [1.29, 1.82) is 0 Å². The zero-order valence-corrected chi connectivity index (χ0v) is 13.8. The molecule has 0 bridgehead atoms. The van der Waals surface area contributed by atoms with Crippen molar-refractivity contribution in [3.63, 3.8) is 0 Å². The van der Waals surface area contributed by atoms with Gasteiger partial charge in [-0.05, 0) is 66.6 Å². The average molecular weight is 310 g/mol. The van der Waals surface area contributed by atoms with Crippen LogP contribution in [0.1, 0.15) is 71.6 Å². The van der Waals surface area contributed by atoms with Gasteiger partial charge in [0.25, 0.3) is 0 Å². The molecule has 3 heteroatoms. The minimum atomic E-state index is -2.45. The minimum Gasteiger partial charge on any atom is -0.300 e. The number of rotatable bonds is 0. The largest absolute Gasteiger partial charge is 0.300 e. The van der Waals surface area contributed by atoms with Crippen molar-refractivity contribution in [2.24, 2.45) is 34.5 Å². The average Bonchev–Trinajstić information content (AvgIpc) is 2.68. The van der Waals surface area contributed by atoms with Gasteiger partial charge in [-0.25, -0.2) is 8.78 Å². The standard InChI is InChI=1S/C19H28F2O/c1-17-7-6-15-14(16(17)10-19(20,21)11-17)4-3-12-9-13(22)5-8-18(12,15)2/h12,14-16H,3-11H2,1-2H3/t12-,14-,15+,16-,17+,18-/m0/s1. The number of ketones is 1. The number of hydrogen-bond donors (Lipinski definition) is 0. The van der Waals surface area contributed by atoms with Gasteiger partial charge in [0.05, 0.1) is 0 Å². The fourth-order valence-electron chi connectivity index (χ4n) is 7.04. The van der Waals surface area contributed by atoms with Crippen LogP contribution < -0.4 is 0 Å². The first-order chi connectivity index (χ1) is 10.2. The second-order valence-electron chi connectivity index (χ2n) is 9.33. The number of alkyl halides is 2. The van der Waals surface area contributed by atoms with E-state index in [0.717, 1.165) is 38.5 Å². The lowest BCUT2D eigenvalue weighted by Gasteiger charge is -2.59. The van der Waals surface area contributed by atoms with Crippen molar-refractivity contribution >= 4 is 5.78 Å². The lowest BCUT2D eigenvalue weighted by atomic mass is 9.45. The van der Waals surface area contributed by atoms with E-state index in [-0.39, 0.29) is 29.6 Å². The highest BCUT2D eigenvalue weighted by Crippen LogP contribution is 2.67. The zero-order valence-electron chi connectivity index (χ0n) is 13.8. The lowest BCUT2D eigenvalue weighted by Crippen LogP contribution is -2.52. The molecule has 4 saturated carbocycles. The van der Waals surface area contributed by atoms with E-state index in [1.807, 2.05) is 0 Å². The normalized spacial score (nSPS) is 53.5. The molecule has 0 unspecified atom stereocenters. The molecular weight excluding hydrogens is 282 g/mol. The Balaban J connectivity index is 1.64. The summed E-state index contributed by atoms with van der Waals surface area (Å²) in [5.74, 6) is -0.256. The van der Waals surface area contributed by atoms with Gasteiger partial charge in [0, 0.05) is 25.7 Å². The number of hydrogen-bond acceptors (Lipinski definition) is 1. The van der Waals surface area contributed by atoms with Gasteiger partial charge in [0.2, 0.25) is 5.92 Å². The molecule has 4 rings (SSSR count). The van der Waals surface area contributed by atoms with E-state index >= 15 is 0 Å². The number of carbonyl (C=O) groups is 1. The Morgan fingerprint density at radius 3 is 2.59 bits per heavy atom. The van der Waals surface area contributed by atoms with Gasteiger partial charge >= 0.3 is 0 Å². The summed E-state index contributed by atoms with van der Waals surface area (Å²) < 4.78 is 28.2. The van der Waals surface area contributed by atoms with E-state index in [4.69, 9.17) is 0 Å². The topological polar surface area (TPSA) is 17.1 Å². The molecule has 0 N–H and O–H groups in total. The second kappa shape index (κ2) is 4.54. The number of carbonyl (C=O) groups excluding carboxylic acids is 1. The van der Waals surface area contributed by atoms with Gasteiger partial charge in [0.1, 0.15) is 5.78 Å². The van der Waals surface area contributed by atoms with Crippen LogP contribution in [0, 0.1) is 34.5 Å². The molecule has 22 heavy (non-hydrogen) atoms. The van der Waals surface area contributed by atoms with Gasteiger partial charge < -0.3 is 0 Å². The molecule has 4 aliphatic rings. The van der Waals surface area contributed by atoms with E-state index < -0.39 is 5.92 Å². The summed E-state index contributed by atoms with van der Waals surface area (Å²) in [6, 6.07) is 0. The predicted molar refractivity (Wildman–Crippen MR) is 81.7 cm³/mol. The molecule has 0 aliphatic heterocycles. The monoisotopic (exact) mass is 310 g/mol. The van der Waals surface area contributed by atoms with Crippen LogP contribution in [0.15, 0.2) is 0 Å². The van der Waals surface area contributed by atoms with Crippen molar-refractivity contribution in [1.82, 2.24) is 0 Å². The fraction of sp³-hybridized carbons (Fsp3) is 0.947. The van der Waals surface area contributed by atoms with Gasteiger partial charge in [-0.1, -0.05) is 13.8 Å². The van der Waals surface area contributed by atoms with Crippen LogP contribution in [0.25, 0.3) is 0 Å². The number of Topliss-reactive ketones (excluding diaryl/α,β-unsaturated/α-hetero) is 1. The van der Waals surface area contributed by atoms with E-state index in [0.29, 0.717) is 30.0 Å². The van der Waals surface area contributed by atoms with E-state index in [9.17, 15) is 13.6 Å². The molecule has 124 valence electrons. The molecule has 0 aromatic carbocycles. The third kappa shape index (κ3) is 2.03. The van der Waals surface area contributed by atoms with Gasteiger partial charge in [0.15, 0.2) is 0 Å². The molecule has 0 saturated heterocycles. The quantitative estimate of drug-likeness (QED) is 0.598. The highest BCUT2D eigenvalue weighted by atomic mass is 19.3. The van der Waals surface area contributed by atoms with Gasteiger partial charge in [-0.3, -0.25) is 4.79 Å². The van der Waals surface area contributed by atoms with Gasteiger partial charge in [-0.15, -0.1) is 0 Å². The smallest absolute Gasteiger partial charge is 0.249 e. The van der Waals surface area contributed by atoms with Crippen LogP contribution in [0.3, 0.4) is 0 Å². The molecular formula is C19H28F2O. The zero-order chi connectivity index (χ0) is 15.8. The molecule has 0 heterocycles. The van der Waals surface area contributed by atoms with E-state index in [2.05, 4.69) is 13.8 Å². The Morgan fingerprint density at radius 2 is 1.82 bits per heavy atom. The molecule has 0 aromatic heterocycles. The third-order valence-corrected chi connectivity index (χ3v) is 8.18. The second-order valence-corrected chi connectivity index (χ2v) is 9.33. The van der Waals surface area contributed by atoms with Crippen LogP contribution in [0.5, 0.6) is 0 Å². The van der Waals surface area contributed by atoms with Crippen molar-refractivity contribution in [3.8, 4) is 0 Å². The highest BCUT2D eigenvalue weighted by Gasteiger charge is 2.62. The van der Waals surface area contributed by atoms with Crippen molar-refractivity contribution in [2.45, 2.75) is 77.6 Å². The number of fused-ring (bicyclic) bond motifs is 5. The first-order valence-electron chi connectivity index (χ1n) is 9.13. The van der Waals surface area contributed by atoms with Crippen molar-refractivity contribution in [2.75, 3.05) is 0 Å². The first-order valence-corrected chi connectivity index (χ1v) is 9.13. The van der Waals surface area contributed by atoms with Gasteiger partial charge in [-0.2, -0.15) is 0 Å². The predicted octanol–water partition coefficient (Wildman–Crippen LogP) is 5.23. The Hall–Kier alpha value is -0.470. The Morgan fingerprint density at radius 1 is 1.05 bits per heavy atom. The number of halogens is 2. The molecule has 0 radical (unpaired) electrons. The van der Waals surface area contributed by atoms with Crippen LogP contribution in [0.2, 0.25) is 0 Å². The van der Waals surface area contributed by atoms with E-state index in [1.54, 1.807) is 0 Å². The van der Waals surface area contributed by atoms with E-state index in [1.165, 1.54) is 0 Å². The first kappa shape index (κ1) is 15.1. The molecule has 0 amide bonds. The Bertz CT molecular complexity index is 502. The van der Waals surface area contributed by atoms with Crippen LogP contribution >= 0.6 is 0 Å². The summed E-state index contributed by atoms with van der Waals surface area (Å²) in [6.45, 7) is 4.49. The Kier molecular flexibility index (Phi) is 3.11. The molecule has 0 aromatic rings. The van der Waals surface area contributed by atoms with Crippen LogP contribution in [-0.4, -0.2) is 11.7 Å². The molecule has 0 spiro atoms. The highest BCUT2D eigenvalue weighted by molar-refractivity contribution is 5.79. The molecule has 6 atom stereocenters. The fourth-order valence-corrected chi connectivity index (χ4v) is 7.04. The van der Waals surface area contributed by atoms with Crippen molar-refractivity contribution in [3.05, 3.63) is 0 Å². The summed E-state index contributed by atoms with van der Waals surface area (Å²) >= 11 is 0. The van der Waals surface area contributed by atoms with Crippen LogP contribution in [-0.2, 0) is 4.79 Å². The summed E-state index contributed by atoms with van der Waals surface area (Å²) in [7, 11) is 0. The third-order valence-electron chi connectivity index (χ3n) is 8.18. The summed E-state index contributed by atoms with van der Waals surface area (Å²) in [6.07, 6.45) is 6.91. The molecule has 1 nitrogen and oxygen atoms in total. The van der Waals surface area contributed by atoms with Crippen LogP contribution in [0.4, 0.5) is 8.78 Å². The maximum atomic E-state index is 14.1. The maximum absolute atomic E-state index is 14.1. The Labute approximate surface area is 132 Å². The molecule has 4 aliphatic carbocycles. The SMILES string of the molecule is C[C@]12CC[C@@H]3[C@H](CC[C@H]4CC(=O)CC[C@@]43C)[C@@H]1CC(F)(F)C2. The summed E-state index contributed by atoms with van der Waals surface area (Å²) in [5, 5.41) is 0. The maximum Gasteiger partial charge on any atom is 0.249 e. The summed E-state index contributed by atoms with van der Waals surface area (Å²) in [4.78, 5) is 11.8. The van der Waals surface area contributed by atoms with Crippen molar-refractivity contribution < 1.29 is 13.6 Å². The summed E-state index contributed by atoms with van der Waals surface area (Å²) in [5.41, 5.74) is 0.0916. The lowest BCUT2D eigenvalue weighted by molar-refractivity contribution is -0.137. The minimum absolute atomic E-state index is 0.104. The molecule has 4 fully saturated rings.